The fourth-order valence-corrected chi connectivity index (χ4v) is 3.81. The van der Waals surface area contributed by atoms with Gasteiger partial charge in [-0.05, 0) is 32.1 Å². The van der Waals surface area contributed by atoms with Gasteiger partial charge in [0, 0.05) is 33.8 Å². The van der Waals surface area contributed by atoms with Crippen LogP contribution in [0.5, 0.6) is 0 Å². The molecule has 0 radical (unpaired) electrons. The molecule has 2 rings (SSSR count). The van der Waals surface area contributed by atoms with Crippen LogP contribution in [0.4, 0.5) is 0 Å². The lowest BCUT2D eigenvalue weighted by atomic mass is 10.2. The second kappa shape index (κ2) is 7.64. The summed E-state index contributed by atoms with van der Waals surface area (Å²) in [6.45, 7) is 1.41. The van der Waals surface area contributed by atoms with Gasteiger partial charge in [0.2, 0.25) is 0 Å². The van der Waals surface area contributed by atoms with Gasteiger partial charge in [-0.25, -0.2) is 4.98 Å². The molecule has 0 bridgehead atoms. The van der Waals surface area contributed by atoms with Crippen molar-refractivity contribution in [2.24, 2.45) is 5.73 Å². The highest BCUT2D eigenvalue weighted by molar-refractivity contribution is 7.85. The average Bonchev–Trinajstić information content (AvgIpc) is 2.94. The van der Waals surface area contributed by atoms with Crippen molar-refractivity contribution in [2.45, 2.75) is 17.9 Å². The van der Waals surface area contributed by atoms with E-state index in [4.69, 9.17) is 5.73 Å². The van der Waals surface area contributed by atoms with Crippen molar-refractivity contribution < 1.29 is 4.21 Å². The molecule has 20 heavy (non-hydrogen) atoms. The number of rotatable bonds is 7. The minimum absolute atomic E-state index is 0.581. The fraction of sp³-hybridized carbons (Fsp3) is 0.357. The Hall–Kier alpha value is -1.08. The van der Waals surface area contributed by atoms with Gasteiger partial charge in [0.15, 0.2) is 0 Å². The van der Waals surface area contributed by atoms with Crippen molar-refractivity contribution in [2.75, 3.05) is 19.3 Å². The van der Waals surface area contributed by atoms with Gasteiger partial charge in [-0.1, -0.05) is 12.1 Å². The van der Waals surface area contributed by atoms with Gasteiger partial charge < -0.3 is 11.1 Å². The Kier molecular flexibility index (Phi) is 5.85. The third kappa shape index (κ3) is 3.96. The zero-order chi connectivity index (χ0) is 14.4. The van der Waals surface area contributed by atoms with E-state index in [1.54, 1.807) is 11.3 Å². The van der Waals surface area contributed by atoms with Crippen LogP contribution in [-0.2, 0) is 17.3 Å². The van der Waals surface area contributed by atoms with E-state index in [9.17, 15) is 4.21 Å². The molecule has 3 N–H and O–H groups in total. The molecule has 4 nitrogen and oxygen atoms in total. The van der Waals surface area contributed by atoms with Gasteiger partial charge in [-0.15, -0.1) is 11.3 Å². The molecule has 1 heterocycles. The first kappa shape index (κ1) is 15.3. The van der Waals surface area contributed by atoms with Crippen molar-refractivity contribution in [1.29, 1.82) is 0 Å². The SMILES string of the molecule is CNCc1cnc(-c2ccc(S(=O)CCCN)cc2)s1. The van der Waals surface area contributed by atoms with E-state index in [0.717, 1.165) is 28.4 Å². The summed E-state index contributed by atoms with van der Waals surface area (Å²) in [4.78, 5) is 6.48. The van der Waals surface area contributed by atoms with Crippen LogP contribution in [0.3, 0.4) is 0 Å². The molecule has 0 aliphatic rings. The molecular weight excluding hydrogens is 290 g/mol. The lowest BCUT2D eigenvalue weighted by Gasteiger charge is -2.02. The van der Waals surface area contributed by atoms with E-state index < -0.39 is 10.8 Å². The summed E-state index contributed by atoms with van der Waals surface area (Å²) in [6.07, 6.45) is 2.68. The summed E-state index contributed by atoms with van der Waals surface area (Å²) in [7, 11) is 0.969. The Morgan fingerprint density at radius 3 is 2.75 bits per heavy atom. The minimum Gasteiger partial charge on any atom is -0.330 e. The largest absolute Gasteiger partial charge is 0.330 e. The van der Waals surface area contributed by atoms with Gasteiger partial charge in [0.1, 0.15) is 5.01 Å². The molecule has 6 heteroatoms. The first-order valence-corrected chi connectivity index (χ1v) is 8.66. The number of nitrogens with two attached hydrogens (primary N) is 1. The molecule has 0 saturated carbocycles. The van der Waals surface area contributed by atoms with Crippen LogP contribution in [0.15, 0.2) is 35.4 Å². The number of thiazole rings is 1. The first-order valence-electron chi connectivity index (χ1n) is 6.52. The van der Waals surface area contributed by atoms with Crippen LogP contribution in [0, 0.1) is 0 Å². The summed E-state index contributed by atoms with van der Waals surface area (Å²) in [5.74, 6) is 0.624. The molecule has 1 unspecified atom stereocenters. The summed E-state index contributed by atoms with van der Waals surface area (Å²) < 4.78 is 12.0. The third-order valence-corrected chi connectivity index (χ3v) is 5.31. The van der Waals surface area contributed by atoms with Crippen molar-refractivity contribution in [3.63, 3.8) is 0 Å². The predicted molar refractivity (Wildman–Crippen MR) is 85.3 cm³/mol. The monoisotopic (exact) mass is 309 g/mol. The smallest absolute Gasteiger partial charge is 0.123 e. The Bertz CT molecular complexity index is 566. The zero-order valence-corrected chi connectivity index (χ0v) is 13.1. The van der Waals surface area contributed by atoms with Crippen molar-refractivity contribution >= 4 is 22.1 Å². The van der Waals surface area contributed by atoms with Gasteiger partial charge >= 0.3 is 0 Å². The Balaban J connectivity index is 2.08. The normalized spacial score (nSPS) is 12.5. The molecule has 0 spiro atoms. The second-order valence-corrected chi connectivity index (χ2v) is 7.06. The van der Waals surface area contributed by atoms with Crippen molar-refractivity contribution in [1.82, 2.24) is 10.3 Å². The van der Waals surface area contributed by atoms with E-state index in [0.29, 0.717) is 12.3 Å². The summed E-state index contributed by atoms with van der Waals surface area (Å²) in [6, 6.07) is 7.80. The van der Waals surface area contributed by atoms with Gasteiger partial charge in [-0.3, -0.25) is 4.21 Å². The standard InChI is InChI=1S/C14H19N3OS2/c1-16-9-12-10-17-14(19-12)11-3-5-13(6-4-11)20(18)8-2-7-15/h3-6,10,16H,2,7-9,15H2,1H3. The maximum absolute atomic E-state index is 12.0. The summed E-state index contributed by atoms with van der Waals surface area (Å²) >= 11 is 1.67. The summed E-state index contributed by atoms with van der Waals surface area (Å²) in [5.41, 5.74) is 6.50. The molecule has 1 aromatic carbocycles. The molecule has 108 valence electrons. The highest BCUT2D eigenvalue weighted by Crippen LogP contribution is 2.25. The number of aromatic nitrogens is 1. The van der Waals surface area contributed by atoms with Gasteiger partial charge in [-0.2, -0.15) is 0 Å². The van der Waals surface area contributed by atoms with E-state index >= 15 is 0 Å². The molecule has 0 fully saturated rings. The lowest BCUT2D eigenvalue weighted by Crippen LogP contribution is -2.05. The molecule has 0 aliphatic carbocycles. The second-order valence-electron chi connectivity index (χ2n) is 4.38. The number of benzene rings is 1. The highest BCUT2D eigenvalue weighted by atomic mass is 32.2. The molecule has 0 amide bonds. The van der Waals surface area contributed by atoms with E-state index in [1.165, 1.54) is 4.88 Å². The number of hydrogen-bond donors (Lipinski definition) is 2. The Labute approximate surface area is 125 Å². The Morgan fingerprint density at radius 1 is 1.35 bits per heavy atom. The molecular formula is C14H19N3OS2. The third-order valence-electron chi connectivity index (χ3n) is 2.80. The van der Waals surface area contributed by atoms with Crippen molar-refractivity contribution in [3.8, 4) is 10.6 Å². The quantitative estimate of drug-likeness (QED) is 0.821. The Morgan fingerprint density at radius 2 is 2.10 bits per heavy atom. The zero-order valence-electron chi connectivity index (χ0n) is 11.5. The number of nitrogens with zero attached hydrogens (tertiary/aromatic N) is 1. The van der Waals surface area contributed by atoms with Crippen molar-refractivity contribution in [3.05, 3.63) is 35.3 Å². The lowest BCUT2D eigenvalue weighted by molar-refractivity contribution is 0.680. The van der Waals surface area contributed by atoms with Crippen LogP contribution in [0.1, 0.15) is 11.3 Å². The van der Waals surface area contributed by atoms with Crippen LogP contribution < -0.4 is 11.1 Å². The van der Waals surface area contributed by atoms with E-state index in [1.807, 2.05) is 37.5 Å². The van der Waals surface area contributed by atoms with Crippen LogP contribution in [0.2, 0.25) is 0 Å². The molecule has 1 atom stereocenters. The van der Waals surface area contributed by atoms with E-state index in [-0.39, 0.29) is 0 Å². The topological polar surface area (TPSA) is 68.0 Å². The van der Waals surface area contributed by atoms with Crippen LogP contribution >= 0.6 is 11.3 Å². The van der Waals surface area contributed by atoms with Gasteiger partial charge in [0.05, 0.1) is 10.8 Å². The first-order chi connectivity index (χ1) is 9.74. The molecule has 0 aliphatic heterocycles. The average molecular weight is 309 g/mol. The summed E-state index contributed by atoms with van der Waals surface area (Å²) in [5, 5.41) is 4.11. The van der Waals surface area contributed by atoms with E-state index in [2.05, 4.69) is 10.3 Å². The minimum atomic E-state index is -0.953. The molecule has 2 aromatic rings. The van der Waals surface area contributed by atoms with Crippen LogP contribution in [0.25, 0.3) is 10.6 Å². The van der Waals surface area contributed by atoms with Crippen LogP contribution in [-0.4, -0.2) is 28.5 Å². The maximum Gasteiger partial charge on any atom is 0.123 e. The molecule has 0 saturated heterocycles. The maximum atomic E-state index is 12.0. The fourth-order valence-electron chi connectivity index (χ4n) is 1.78. The molecule has 1 aromatic heterocycles. The van der Waals surface area contributed by atoms with Gasteiger partial charge in [0.25, 0.3) is 0 Å². The predicted octanol–water partition coefficient (Wildman–Crippen LogP) is 1.99. The number of hydrogen-bond acceptors (Lipinski definition) is 5. The highest BCUT2D eigenvalue weighted by Gasteiger charge is 2.07. The number of nitrogens with one attached hydrogen (secondary N) is 1.